The highest BCUT2D eigenvalue weighted by Crippen LogP contribution is 2.41. The van der Waals surface area contributed by atoms with Crippen molar-refractivity contribution in [1.82, 2.24) is 9.88 Å². The van der Waals surface area contributed by atoms with E-state index in [1.807, 2.05) is 0 Å². The van der Waals surface area contributed by atoms with Gasteiger partial charge in [0.15, 0.2) is 0 Å². The largest absolute Gasteiger partial charge is 0.507 e. The number of pyridine rings is 1. The molecule has 6 nitrogen and oxygen atoms in total. The normalized spacial score (nSPS) is 17.8. The molecule has 1 aliphatic rings. The van der Waals surface area contributed by atoms with Crippen LogP contribution in [0.2, 0.25) is 0 Å². The van der Waals surface area contributed by atoms with E-state index in [1.54, 1.807) is 24.3 Å². The number of hydrogen-bond acceptors (Lipinski definition) is 5. The third-order valence-corrected chi connectivity index (χ3v) is 5.51. The van der Waals surface area contributed by atoms with Gasteiger partial charge in [0.1, 0.15) is 11.5 Å². The Balaban J connectivity index is 1.85. The first kappa shape index (κ1) is 23.0. The second-order valence-corrected chi connectivity index (χ2v) is 7.64. The van der Waals surface area contributed by atoms with Gasteiger partial charge in [-0.2, -0.15) is 13.2 Å². The summed E-state index contributed by atoms with van der Waals surface area (Å²) in [6, 6.07) is 13.1. The number of ether oxygens (including phenoxy) is 1. The number of aliphatic hydroxyl groups excluding tert-OH is 1. The summed E-state index contributed by atoms with van der Waals surface area (Å²) in [6.45, 7) is -0.274. The van der Waals surface area contributed by atoms with E-state index in [-0.39, 0.29) is 23.2 Å². The number of carbonyl (C=O) groups excluding carboxylic acids is 2. The van der Waals surface area contributed by atoms with Crippen LogP contribution in [-0.2, 0) is 22.3 Å². The first-order valence-electron chi connectivity index (χ1n) is 10.2. The number of alkyl halides is 3. The summed E-state index contributed by atoms with van der Waals surface area (Å²) in [5.41, 5.74) is -0.109. The predicted molar refractivity (Wildman–Crippen MR) is 117 cm³/mol. The maximum atomic E-state index is 13.2. The summed E-state index contributed by atoms with van der Waals surface area (Å²) in [6.07, 6.45) is -1.71. The van der Waals surface area contributed by atoms with Crippen LogP contribution in [0.25, 0.3) is 5.76 Å². The predicted octanol–water partition coefficient (Wildman–Crippen LogP) is 4.73. The van der Waals surface area contributed by atoms with Crippen molar-refractivity contribution in [3.8, 4) is 5.75 Å². The Morgan fingerprint density at radius 2 is 1.76 bits per heavy atom. The SMILES string of the molecule is COc1cccc(C2/C(=C(\O)c3ccncc3)C(=O)C(=O)N2Cc2cccc(C(F)(F)F)c2)c1. The Labute approximate surface area is 192 Å². The lowest BCUT2D eigenvalue weighted by Crippen LogP contribution is -2.29. The zero-order valence-corrected chi connectivity index (χ0v) is 17.9. The van der Waals surface area contributed by atoms with Crippen molar-refractivity contribution >= 4 is 17.4 Å². The molecule has 1 unspecified atom stereocenters. The Morgan fingerprint density at radius 3 is 2.44 bits per heavy atom. The van der Waals surface area contributed by atoms with Gasteiger partial charge in [0.25, 0.3) is 11.7 Å². The number of nitrogens with zero attached hydrogens (tertiary/aromatic N) is 2. The lowest BCUT2D eigenvalue weighted by atomic mass is 9.95. The van der Waals surface area contributed by atoms with Crippen molar-refractivity contribution in [2.24, 2.45) is 0 Å². The monoisotopic (exact) mass is 468 g/mol. The summed E-state index contributed by atoms with van der Waals surface area (Å²) in [5, 5.41) is 11.0. The number of aromatic nitrogens is 1. The fourth-order valence-electron chi connectivity index (χ4n) is 3.91. The number of ketones is 1. The van der Waals surface area contributed by atoms with Crippen LogP contribution in [0.5, 0.6) is 5.75 Å². The van der Waals surface area contributed by atoms with Crippen molar-refractivity contribution in [2.45, 2.75) is 18.8 Å². The molecule has 0 aliphatic carbocycles. The molecule has 1 amide bonds. The van der Waals surface area contributed by atoms with E-state index < -0.39 is 35.2 Å². The van der Waals surface area contributed by atoms with Gasteiger partial charge in [-0.3, -0.25) is 14.6 Å². The Hall–Kier alpha value is -4.14. The van der Waals surface area contributed by atoms with Crippen LogP contribution in [0.15, 0.2) is 78.6 Å². The summed E-state index contributed by atoms with van der Waals surface area (Å²) < 4.78 is 44.9. The highest BCUT2D eigenvalue weighted by Gasteiger charge is 2.46. The first-order valence-corrected chi connectivity index (χ1v) is 10.2. The number of aliphatic hydroxyl groups is 1. The summed E-state index contributed by atoms with van der Waals surface area (Å²) in [5.74, 6) is -1.82. The Kier molecular flexibility index (Phi) is 6.10. The molecule has 174 valence electrons. The number of benzene rings is 2. The molecule has 0 saturated carbocycles. The number of rotatable bonds is 5. The lowest BCUT2D eigenvalue weighted by Gasteiger charge is -2.26. The molecule has 0 bridgehead atoms. The van der Waals surface area contributed by atoms with Gasteiger partial charge < -0.3 is 14.7 Å². The average Bonchev–Trinajstić information content (AvgIpc) is 3.08. The van der Waals surface area contributed by atoms with E-state index >= 15 is 0 Å². The fourth-order valence-corrected chi connectivity index (χ4v) is 3.91. The van der Waals surface area contributed by atoms with E-state index in [0.29, 0.717) is 11.3 Å². The van der Waals surface area contributed by atoms with E-state index in [2.05, 4.69) is 4.98 Å². The van der Waals surface area contributed by atoms with Crippen LogP contribution in [0.4, 0.5) is 13.2 Å². The van der Waals surface area contributed by atoms with Gasteiger partial charge in [0.2, 0.25) is 0 Å². The molecule has 34 heavy (non-hydrogen) atoms. The molecule has 2 heterocycles. The molecule has 1 atom stereocenters. The number of amides is 1. The third-order valence-electron chi connectivity index (χ3n) is 5.51. The van der Waals surface area contributed by atoms with Gasteiger partial charge in [0.05, 0.1) is 24.3 Å². The summed E-state index contributed by atoms with van der Waals surface area (Å²) >= 11 is 0. The molecule has 4 rings (SSSR count). The van der Waals surface area contributed by atoms with Crippen LogP contribution in [0, 0.1) is 0 Å². The molecule has 1 aliphatic heterocycles. The number of hydrogen-bond donors (Lipinski definition) is 1. The highest BCUT2D eigenvalue weighted by molar-refractivity contribution is 6.46. The number of likely N-dealkylation sites (tertiary alicyclic amines) is 1. The minimum atomic E-state index is -4.56. The van der Waals surface area contributed by atoms with Crippen molar-refractivity contribution in [2.75, 3.05) is 7.11 Å². The van der Waals surface area contributed by atoms with Crippen molar-refractivity contribution in [3.63, 3.8) is 0 Å². The van der Waals surface area contributed by atoms with Gasteiger partial charge >= 0.3 is 6.18 Å². The quantitative estimate of drug-likeness (QED) is 0.333. The molecule has 1 saturated heterocycles. The fraction of sp³-hybridized carbons (Fsp3) is 0.160. The first-order chi connectivity index (χ1) is 16.2. The van der Waals surface area contributed by atoms with Crippen molar-refractivity contribution in [3.05, 3.63) is 101 Å². The van der Waals surface area contributed by atoms with Crippen LogP contribution in [-0.4, -0.2) is 33.8 Å². The number of halogens is 3. The number of carbonyl (C=O) groups is 2. The molecular formula is C25H19F3N2O4. The topological polar surface area (TPSA) is 79.7 Å². The van der Waals surface area contributed by atoms with E-state index in [9.17, 15) is 27.9 Å². The van der Waals surface area contributed by atoms with Gasteiger partial charge in [-0.1, -0.05) is 24.3 Å². The van der Waals surface area contributed by atoms with Crippen molar-refractivity contribution in [1.29, 1.82) is 0 Å². The second-order valence-electron chi connectivity index (χ2n) is 7.64. The molecule has 1 fully saturated rings. The average molecular weight is 468 g/mol. The Morgan fingerprint density at radius 1 is 1.06 bits per heavy atom. The van der Waals surface area contributed by atoms with Gasteiger partial charge in [-0.05, 0) is 47.5 Å². The third kappa shape index (κ3) is 4.36. The zero-order chi connectivity index (χ0) is 24.5. The zero-order valence-electron chi connectivity index (χ0n) is 17.9. The minimum absolute atomic E-state index is 0.170. The molecule has 9 heteroatoms. The molecule has 2 aromatic carbocycles. The number of Topliss-reactive ketones (excluding diaryl/α,β-unsaturated/α-hetero) is 1. The summed E-state index contributed by atoms with van der Waals surface area (Å²) in [7, 11) is 1.45. The molecule has 1 aromatic heterocycles. The summed E-state index contributed by atoms with van der Waals surface area (Å²) in [4.78, 5) is 31.1. The standard InChI is InChI=1S/C25H19F3N2O4/c1-34-19-7-3-5-17(13-19)21-20(22(31)16-8-10-29-11-9-16)23(32)24(33)30(21)14-15-4-2-6-18(12-15)25(26,27)28/h2-13,21,31H,14H2,1H3/b22-20+. The number of methoxy groups -OCH3 is 1. The maximum Gasteiger partial charge on any atom is 0.416 e. The smallest absolute Gasteiger partial charge is 0.416 e. The highest BCUT2D eigenvalue weighted by atomic mass is 19.4. The van der Waals surface area contributed by atoms with Crippen LogP contribution >= 0.6 is 0 Å². The minimum Gasteiger partial charge on any atom is -0.507 e. The maximum absolute atomic E-state index is 13.2. The molecular weight excluding hydrogens is 449 g/mol. The molecule has 0 radical (unpaired) electrons. The van der Waals surface area contributed by atoms with Crippen LogP contribution in [0.1, 0.15) is 28.3 Å². The van der Waals surface area contributed by atoms with E-state index in [0.717, 1.165) is 17.0 Å². The lowest BCUT2D eigenvalue weighted by molar-refractivity contribution is -0.140. The van der Waals surface area contributed by atoms with E-state index in [4.69, 9.17) is 4.74 Å². The van der Waals surface area contributed by atoms with Crippen LogP contribution < -0.4 is 4.74 Å². The molecule has 1 N–H and O–H groups in total. The van der Waals surface area contributed by atoms with Crippen LogP contribution in [0.3, 0.4) is 0 Å². The Bertz CT molecular complexity index is 1270. The van der Waals surface area contributed by atoms with E-state index in [1.165, 1.54) is 43.8 Å². The van der Waals surface area contributed by atoms with Gasteiger partial charge in [-0.25, -0.2) is 0 Å². The second kappa shape index (κ2) is 9.01. The molecule has 0 spiro atoms. The van der Waals surface area contributed by atoms with Gasteiger partial charge in [0, 0.05) is 24.5 Å². The molecule has 3 aromatic rings. The van der Waals surface area contributed by atoms with Crippen molar-refractivity contribution < 1.29 is 32.6 Å². The van der Waals surface area contributed by atoms with Gasteiger partial charge in [-0.15, -0.1) is 0 Å².